The molecule has 1 aromatic carbocycles. The summed E-state index contributed by atoms with van der Waals surface area (Å²) in [5.41, 5.74) is 1.89. The lowest BCUT2D eigenvalue weighted by atomic mass is 9.88. The molecular formula is C25H26ClN3O6S3. The number of thiazole rings is 1. The van der Waals surface area contributed by atoms with Crippen molar-refractivity contribution in [3.05, 3.63) is 56.7 Å². The van der Waals surface area contributed by atoms with E-state index in [0.29, 0.717) is 28.7 Å². The van der Waals surface area contributed by atoms with Gasteiger partial charge in [-0.25, -0.2) is 13.2 Å². The van der Waals surface area contributed by atoms with Crippen LogP contribution in [0.25, 0.3) is 10.2 Å². The summed E-state index contributed by atoms with van der Waals surface area (Å²) in [6.45, 7) is 6.18. The van der Waals surface area contributed by atoms with Gasteiger partial charge in [0.05, 0.1) is 22.9 Å². The smallest absolute Gasteiger partial charge is 0.341 e. The molecule has 202 valence electrons. The van der Waals surface area contributed by atoms with E-state index in [1.807, 2.05) is 0 Å². The molecule has 3 aromatic rings. The third kappa shape index (κ3) is 6.25. The van der Waals surface area contributed by atoms with E-state index in [2.05, 4.69) is 23.8 Å². The minimum absolute atomic E-state index is 0.265. The summed E-state index contributed by atoms with van der Waals surface area (Å²) in [6.07, 6.45) is 3.99. The molecule has 0 fully saturated rings. The van der Waals surface area contributed by atoms with Crippen LogP contribution in [0.1, 0.15) is 34.1 Å². The van der Waals surface area contributed by atoms with E-state index >= 15 is 0 Å². The molecule has 1 N–H and O–H groups in total. The number of anilines is 1. The molecule has 4 rings (SSSR count). The van der Waals surface area contributed by atoms with E-state index in [0.717, 1.165) is 33.5 Å². The standard InChI is InChI=1S/C25H26ClN3O6S3/c1-4-9-29-17-8-6-15(26)11-19(17)37-25(29)28-21(31)13-38(33,34)12-20(30)27-23-22(24(32)35-3)16-7-5-14(2)10-18(16)36-23/h4,6,8,11,14H,1,5,7,9-10,12-13H2,2-3H3,(H,27,30). The maximum Gasteiger partial charge on any atom is 0.341 e. The van der Waals surface area contributed by atoms with Crippen molar-refractivity contribution in [2.24, 2.45) is 10.9 Å². The Balaban J connectivity index is 1.51. The van der Waals surface area contributed by atoms with Gasteiger partial charge in [-0.15, -0.1) is 17.9 Å². The van der Waals surface area contributed by atoms with Gasteiger partial charge in [-0.1, -0.05) is 35.9 Å². The lowest BCUT2D eigenvalue weighted by molar-refractivity contribution is -0.115. The van der Waals surface area contributed by atoms with E-state index in [-0.39, 0.29) is 10.6 Å². The van der Waals surface area contributed by atoms with Crippen LogP contribution in [0.3, 0.4) is 0 Å². The van der Waals surface area contributed by atoms with Crippen molar-refractivity contribution in [3.63, 3.8) is 0 Å². The molecule has 2 aromatic heterocycles. The predicted octanol–water partition coefficient (Wildman–Crippen LogP) is 4.00. The number of amides is 2. The Kier molecular flexibility index (Phi) is 8.55. The molecule has 0 radical (unpaired) electrons. The number of allylic oxidation sites excluding steroid dienone is 1. The highest BCUT2D eigenvalue weighted by Crippen LogP contribution is 2.40. The first-order chi connectivity index (χ1) is 18.0. The van der Waals surface area contributed by atoms with E-state index < -0.39 is 39.1 Å². The SMILES string of the molecule is C=CCn1c(=NC(=O)CS(=O)(=O)CC(=O)Nc2sc3c(c2C(=O)OC)CCC(C)C3)sc2cc(Cl)ccc21. The Hall–Kier alpha value is -2.80. The number of sulfone groups is 1. The summed E-state index contributed by atoms with van der Waals surface area (Å²) in [4.78, 5) is 43.0. The van der Waals surface area contributed by atoms with Gasteiger partial charge in [0.2, 0.25) is 5.91 Å². The molecule has 0 saturated heterocycles. The highest BCUT2D eigenvalue weighted by Gasteiger charge is 2.30. The number of ether oxygens (including phenoxy) is 1. The van der Waals surface area contributed by atoms with Crippen molar-refractivity contribution in [3.8, 4) is 0 Å². The average molecular weight is 596 g/mol. The predicted molar refractivity (Wildman–Crippen MR) is 150 cm³/mol. The molecule has 1 aliphatic rings. The molecule has 38 heavy (non-hydrogen) atoms. The third-order valence-corrected chi connectivity index (χ3v) is 9.86. The van der Waals surface area contributed by atoms with Gasteiger partial charge < -0.3 is 14.6 Å². The number of thiophene rings is 1. The lowest BCUT2D eigenvalue weighted by Crippen LogP contribution is -2.28. The van der Waals surface area contributed by atoms with Gasteiger partial charge >= 0.3 is 5.97 Å². The molecule has 0 saturated carbocycles. The summed E-state index contributed by atoms with van der Waals surface area (Å²) in [7, 11) is -2.89. The van der Waals surface area contributed by atoms with Gasteiger partial charge in [0.15, 0.2) is 14.6 Å². The molecule has 0 aliphatic heterocycles. The fourth-order valence-corrected chi connectivity index (χ4v) is 8.10. The number of carbonyl (C=O) groups is 3. The van der Waals surface area contributed by atoms with Gasteiger partial charge in [0.25, 0.3) is 5.91 Å². The van der Waals surface area contributed by atoms with Crippen LogP contribution in [0, 0.1) is 5.92 Å². The number of hydrogen-bond donors (Lipinski definition) is 1. The summed E-state index contributed by atoms with van der Waals surface area (Å²) in [6, 6.07) is 5.23. The molecule has 9 nitrogen and oxygen atoms in total. The van der Waals surface area contributed by atoms with Crippen LogP contribution in [0.15, 0.2) is 35.8 Å². The topological polar surface area (TPSA) is 124 Å². The number of halogens is 1. The molecule has 2 heterocycles. The van der Waals surface area contributed by atoms with Crippen molar-refractivity contribution >= 4 is 77.1 Å². The van der Waals surface area contributed by atoms with Gasteiger partial charge in [0, 0.05) is 16.4 Å². The number of fused-ring (bicyclic) bond motifs is 2. The second-order valence-electron chi connectivity index (χ2n) is 9.03. The summed E-state index contributed by atoms with van der Waals surface area (Å²) < 4.78 is 32.8. The van der Waals surface area contributed by atoms with Gasteiger partial charge in [-0.2, -0.15) is 4.99 Å². The highest BCUT2D eigenvalue weighted by molar-refractivity contribution is 7.92. The monoisotopic (exact) mass is 595 g/mol. The minimum Gasteiger partial charge on any atom is -0.465 e. The number of esters is 1. The zero-order chi connectivity index (χ0) is 27.6. The van der Waals surface area contributed by atoms with Crippen LogP contribution < -0.4 is 10.1 Å². The number of hydrogen-bond acceptors (Lipinski definition) is 8. The van der Waals surface area contributed by atoms with E-state index in [1.165, 1.54) is 29.8 Å². The maximum atomic E-state index is 12.7. The molecule has 13 heteroatoms. The normalized spacial score (nSPS) is 15.8. The molecule has 2 amide bonds. The number of nitrogens with zero attached hydrogens (tertiary/aromatic N) is 2. The van der Waals surface area contributed by atoms with E-state index in [9.17, 15) is 22.8 Å². The zero-order valence-corrected chi connectivity index (χ0v) is 24.0. The van der Waals surface area contributed by atoms with Gasteiger partial charge in [-0.05, 0) is 48.9 Å². The quantitative estimate of drug-likeness (QED) is 0.310. The number of nitrogens with one attached hydrogen (secondary N) is 1. The summed E-state index contributed by atoms with van der Waals surface area (Å²) >= 11 is 8.52. The molecule has 1 aliphatic carbocycles. The lowest BCUT2D eigenvalue weighted by Gasteiger charge is -2.18. The van der Waals surface area contributed by atoms with Crippen LogP contribution in [-0.2, 0) is 43.5 Å². The molecule has 1 unspecified atom stereocenters. The number of aromatic nitrogens is 1. The fraction of sp³-hybridized carbons (Fsp3) is 0.360. The van der Waals surface area contributed by atoms with Crippen LogP contribution in [0.2, 0.25) is 5.02 Å². The first-order valence-corrected chi connectivity index (χ1v) is 15.5. The minimum atomic E-state index is -4.14. The van der Waals surface area contributed by atoms with Gasteiger partial charge in [-0.3, -0.25) is 9.59 Å². The first kappa shape index (κ1) is 28.2. The molecule has 1 atom stereocenters. The van der Waals surface area contributed by atoms with E-state index in [1.54, 1.807) is 28.8 Å². The van der Waals surface area contributed by atoms with Crippen molar-refractivity contribution in [2.75, 3.05) is 23.9 Å². The number of benzene rings is 1. The zero-order valence-electron chi connectivity index (χ0n) is 20.8. The summed E-state index contributed by atoms with van der Waals surface area (Å²) in [5, 5.41) is 3.34. The van der Waals surface area contributed by atoms with Crippen molar-refractivity contribution < 1.29 is 27.5 Å². The van der Waals surface area contributed by atoms with Crippen molar-refractivity contribution in [1.82, 2.24) is 4.57 Å². The van der Waals surface area contributed by atoms with Crippen LogP contribution in [-0.4, -0.2) is 49.4 Å². The Bertz CT molecular complexity index is 1620. The third-order valence-electron chi connectivity index (χ3n) is 6.03. The average Bonchev–Trinajstić information content (AvgIpc) is 3.34. The number of carbonyl (C=O) groups excluding carboxylic acids is 3. The highest BCUT2D eigenvalue weighted by atomic mass is 35.5. The second kappa shape index (κ2) is 11.5. The molecular weight excluding hydrogens is 570 g/mol. The Morgan fingerprint density at radius 1 is 1.29 bits per heavy atom. The Labute approximate surface area is 232 Å². The molecule has 0 bridgehead atoms. The Morgan fingerprint density at radius 2 is 2.05 bits per heavy atom. The van der Waals surface area contributed by atoms with Crippen molar-refractivity contribution in [2.45, 2.75) is 32.7 Å². The van der Waals surface area contributed by atoms with E-state index in [4.69, 9.17) is 16.3 Å². The van der Waals surface area contributed by atoms with Crippen molar-refractivity contribution in [1.29, 1.82) is 0 Å². The van der Waals surface area contributed by atoms with Gasteiger partial charge in [0.1, 0.15) is 16.5 Å². The maximum absolute atomic E-state index is 12.7. The number of rotatable bonds is 8. The number of methoxy groups -OCH3 is 1. The second-order valence-corrected chi connectivity index (χ2v) is 13.6. The molecule has 0 spiro atoms. The first-order valence-electron chi connectivity index (χ1n) is 11.7. The fourth-order valence-electron chi connectivity index (χ4n) is 4.34. The van der Waals surface area contributed by atoms with Crippen LogP contribution in [0.5, 0.6) is 0 Å². The largest absolute Gasteiger partial charge is 0.465 e. The summed E-state index contributed by atoms with van der Waals surface area (Å²) in [5.74, 6) is -3.75. The van der Waals surface area contributed by atoms with Crippen LogP contribution in [0.4, 0.5) is 5.00 Å². The van der Waals surface area contributed by atoms with Crippen LogP contribution >= 0.6 is 34.3 Å². The Morgan fingerprint density at radius 3 is 2.76 bits per heavy atom.